The molecule has 0 spiro atoms. The van der Waals surface area contributed by atoms with Crippen molar-refractivity contribution in [3.63, 3.8) is 0 Å². The quantitative estimate of drug-likeness (QED) is 0.505. The summed E-state index contributed by atoms with van der Waals surface area (Å²) in [6, 6.07) is 11.2. The highest BCUT2D eigenvalue weighted by Gasteiger charge is 2.25. The van der Waals surface area contributed by atoms with Gasteiger partial charge in [0.25, 0.3) is 11.6 Å². The highest BCUT2D eigenvalue weighted by Crippen LogP contribution is 2.24. The van der Waals surface area contributed by atoms with Crippen LogP contribution in [0.5, 0.6) is 0 Å². The van der Waals surface area contributed by atoms with Gasteiger partial charge in [0.15, 0.2) is 5.78 Å². The number of nitrogens with zero attached hydrogens (tertiary/aromatic N) is 1. The molecule has 0 aliphatic rings. The molecule has 26 heavy (non-hydrogen) atoms. The van der Waals surface area contributed by atoms with E-state index in [4.69, 9.17) is 5.11 Å². The number of aliphatic hydroxyl groups is 2. The fraction of sp³-hybridized carbons (Fsp3) is 0.222. The Morgan fingerprint density at radius 1 is 1.15 bits per heavy atom. The predicted molar refractivity (Wildman–Crippen MR) is 93.6 cm³/mol. The number of non-ortho nitro benzene ring substituents is 1. The molecule has 0 saturated carbocycles. The van der Waals surface area contributed by atoms with E-state index in [1.165, 1.54) is 31.2 Å². The zero-order valence-electron chi connectivity index (χ0n) is 14.0. The second-order valence-electron chi connectivity index (χ2n) is 5.70. The minimum atomic E-state index is -1.20. The number of amides is 1. The van der Waals surface area contributed by atoms with Gasteiger partial charge in [-0.2, -0.15) is 0 Å². The first kappa shape index (κ1) is 19.2. The Morgan fingerprint density at radius 3 is 2.35 bits per heavy atom. The molecule has 0 heterocycles. The van der Waals surface area contributed by atoms with Crippen LogP contribution in [0.4, 0.5) is 5.69 Å². The van der Waals surface area contributed by atoms with Crippen molar-refractivity contribution in [3.05, 3.63) is 64.2 Å². The van der Waals surface area contributed by atoms with Gasteiger partial charge in [0.05, 0.1) is 11.0 Å². The van der Waals surface area contributed by atoms with Gasteiger partial charge >= 0.3 is 0 Å². The maximum Gasteiger partial charge on any atom is 0.270 e. The maximum absolute atomic E-state index is 12.2. The van der Waals surface area contributed by atoms with E-state index in [-0.39, 0.29) is 11.3 Å². The molecule has 0 saturated heterocycles. The summed E-state index contributed by atoms with van der Waals surface area (Å²) in [4.78, 5) is 34.2. The zero-order valence-corrected chi connectivity index (χ0v) is 14.0. The molecule has 0 unspecified atom stereocenters. The summed E-state index contributed by atoms with van der Waals surface area (Å²) in [6.07, 6.45) is -1.15. The van der Waals surface area contributed by atoms with Crippen molar-refractivity contribution in [1.82, 2.24) is 5.32 Å². The molecule has 8 nitrogen and oxygen atoms in total. The molecule has 136 valence electrons. The molecule has 2 aromatic rings. The number of hydrogen-bond acceptors (Lipinski definition) is 6. The van der Waals surface area contributed by atoms with Crippen LogP contribution < -0.4 is 5.32 Å². The molecule has 2 rings (SSSR count). The first-order chi connectivity index (χ1) is 12.3. The Labute approximate surface area is 149 Å². The molecule has 0 aromatic heterocycles. The standard InChI is InChI=1S/C18H18N2O6/c1-11(22)17(16(23)10-21)19-18(24)13-7-5-12(6-8-13)14-3-2-4-15(9-14)20(25)26/h2-9,11,17,21-22H,10H2,1H3,(H,19,24)/t11-,17+/m1/s1. The Morgan fingerprint density at radius 2 is 1.81 bits per heavy atom. The number of carbonyl (C=O) groups is 2. The first-order valence-electron chi connectivity index (χ1n) is 7.81. The van der Waals surface area contributed by atoms with Crippen molar-refractivity contribution in [3.8, 4) is 11.1 Å². The average Bonchev–Trinajstić information content (AvgIpc) is 2.65. The van der Waals surface area contributed by atoms with E-state index in [9.17, 15) is 24.8 Å². The third-order valence-electron chi connectivity index (χ3n) is 3.81. The number of ketones is 1. The molecule has 0 aliphatic carbocycles. The predicted octanol–water partition coefficient (Wildman–Crippen LogP) is 1.30. The lowest BCUT2D eigenvalue weighted by molar-refractivity contribution is -0.384. The van der Waals surface area contributed by atoms with E-state index in [1.807, 2.05) is 0 Å². The second kappa shape index (κ2) is 8.32. The fourth-order valence-electron chi connectivity index (χ4n) is 2.41. The van der Waals surface area contributed by atoms with Gasteiger partial charge in [-0.05, 0) is 30.2 Å². The monoisotopic (exact) mass is 358 g/mol. The van der Waals surface area contributed by atoms with Gasteiger partial charge in [0.1, 0.15) is 12.6 Å². The van der Waals surface area contributed by atoms with E-state index in [0.717, 1.165) is 0 Å². The molecule has 1 amide bonds. The molecular weight excluding hydrogens is 340 g/mol. The number of nitro groups is 1. The molecular formula is C18H18N2O6. The van der Waals surface area contributed by atoms with Crippen molar-refractivity contribution in [1.29, 1.82) is 0 Å². The minimum Gasteiger partial charge on any atom is -0.391 e. The normalized spacial score (nSPS) is 12.9. The Bertz CT molecular complexity index is 817. The van der Waals surface area contributed by atoms with Gasteiger partial charge in [0, 0.05) is 17.7 Å². The van der Waals surface area contributed by atoms with E-state index in [1.54, 1.807) is 24.3 Å². The number of nitrogens with one attached hydrogen (secondary N) is 1. The largest absolute Gasteiger partial charge is 0.391 e. The van der Waals surface area contributed by atoms with E-state index < -0.39 is 35.4 Å². The number of rotatable bonds is 7. The van der Waals surface area contributed by atoms with Crippen LogP contribution in [0.25, 0.3) is 11.1 Å². The summed E-state index contributed by atoms with van der Waals surface area (Å²) in [5.74, 6) is -1.27. The van der Waals surface area contributed by atoms with Crippen molar-refractivity contribution in [2.45, 2.75) is 19.1 Å². The SMILES string of the molecule is C[C@@H](O)[C@H](NC(=O)c1ccc(-c2cccc([N+](=O)[O-])c2)cc1)C(=O)CO. The molecule has 8 heteroatoms. The summed E-state index contributed by atoms with van der Waals surface area (Å²) in [5.41, 5.74) is 1.52. The molecule has 0 radical (unpaired) electrons. The van der Waals surface area contributed by atoms with Crippen molar-refractivity contribution < 1.29 is 24.7 Å². The van der Waals surface area contributed by atoms with Crippen LogP contribution >= 0.6 is 0 Å². The first-order valence-corrected chi connectivity index (χ1v) is 7.81. The average molecular weight is 358 g/mol. The minimum absolute atomic E-state index is 0.0355. The lowest BCUT2D eigenvalue weighted by atomic mass is 10.0. The van der Waals surface area contributed by atoms with Crippen molar-refractivity contribution in [2.75, 3.05) is 6.61 Å². The third-order valence-corrected chi connectivity index (χ3v) is 3.81. The van der Waals surface area contributed by atoms with Crippen LogP contribution in [0.15, 0.2) is 48.5 Å². The zero-order chi connectivity index (χ0) is 19.3. The number of carbonyl (C=O) groups excluding carboxylic acids is 2. The number of hydrogen-bond donors (Lipinski definition) is 3. The third kappa shape index (κ3) is 4.50. The summed E-state index contributed by atoms with van der Waals surface area (Å²) < 4.78 is 0. The highest BCUT2D eigenvalue weighted by atomic mass is 16.6. The maximum atomic E-state index is 12.2. The van der Waals surface area contributed by atoms with Crippen molar-refractivity contribution >= 4 is 17.4 Å². The van der Waals surface area contributed by atoms with Gasteiger partial charge in [-0.3, -0.25) is 19.7 Å². The number of aliphatic hydroxyl groups excluding tert-OH is 2. The Balaban J connectivity index is 2.18. The van der Waals surface area contributed by atoms with Crippen molar-refractivity contribution in [2.24, 2.45) is 0 Å². The topological polar surface area (TPSA) is 130 Å². The van der Waals surface area contributed by atoms with Crippen LogP contribution in [0.2, 0.25) is 0 Å². The summed E-state index contributed by atoms with van der Waals surface area (Å²) in [7, 11) is 0. The highest BCUT2D eigenvalue weighted by molar-refractivity contribution is 5.98. The van der Waals surface area contributed by atoms with Gasteiger partial charge in [-0.15, -0.1) is 0 Å². The molecule has 0 bridgehead atoms. The van der Waals surface area contributed by atoms with E-state index in [0.29, 0.717) is 11.1 Å². The van der Waals surface area contributed by atoms with Crippen LogP contribution in [0, 0.1) is 10.1 Å². The molecule has 2 atom stereocenters. The molecule has 3 N–H and O–H groups in total. The Hall–Kier alpha value is -3.10. The number of nitro benzene ring substituents is 1. The van der Waals surface area contributed by atoms with Gasteiger partial charge in [-0.1, -0.05) is 24.3 Å². The van der Waals surface area contributed by atoms with Gasteiger partial charge in [-0.25, -0.2) is 0 Å². The Kier molecular flexibility index (Phi) is 6.16. The summed E-state index contributed by atoms with van der Waals surface area (Å²) in [5, 5.41) is 31.7. The van der Waals surface area contributed by atoms with Crippen LogP contribution in [0.1, 0.15) is 17.3 Å². The summed E-state index contributed by atoms with van der Waals surface area (Å²) >= 11 is 0. The van der Waals surface area contributed by atoms with Crippen LogP contribution in [-0.2, 0) is 4.79 Å². The smallest absolute Gasteiger partial charge is 0.270 e. The van der Waals surface area contributed by atoms with Gasteiger partial charge < -0.3 is 15.5 Å². The van der Waals surface area contributed by atoms with Crippen LogP contribution in [0.3, 0.4) is 0 Å². The van der Waals surface area contributed by atoms with E-state index >= 15 is 0 Å². The van der Waals surface area contributed by atoms with Crippen LogP contribution in [-0.4, -0.2) is 45.6 Å². The molecule has 2 aromatic carbocycles. The van der Waals surface area contributed by atoms with Gasteiger partial charge in [0.2, 0.25) is 0 Å². The fourth-order valence-corrected chi connectivity index (χ4v) is 2.41. The lowest BCUT2D eigenvalue weighted by Gasteiger charge is -2.19. The van der Waals surface area contributed by atoms with E-state index in [2.05, 4.69) is 5.32 Å². The summed E-state index contributed by atoms with van der Waals surface area (Å²) in [6.45, 7) is 0.547. The number of Topliss-reactive ketones (excluding diaryl/α,β-unsaturated/α-hetero) is 1. The molecule has 0 aliphatic heterocycles. The second-order valence-corrected chi connectivity index (χ2v) is 5.70. The molecule has 0 fully saturated rings. The lowest BCUT2D eigenvalue weighted by Crippen LogP contribution is -2.48. The number of benzene rings is 2.